The van der Waals surface area contributed by atoms with Gasteiger partial charge in [0.1, 0.15) is 11.9 Å². The summed E-state index contributed by atoms with van der Waals surface area (Å²) in [5, 5.41) is 19.0. The van der Waals surface area contributed by atoms with Crippen molar-refractivity contribution in [3.05, 3.63) is 35.1 Å². The first-order valence-corrected chi connectivity index (χ1v) is 4.70. The molecule has 1 aromatic rings. The predicted molar refractivity (Wildman–Crippen MR) is 54.8 cm³/mol. The van der Waals surface area contributed by atoms with Crippen LogP contribution in [0.5, 0.6) is 0 Å². The van der Waals surface area contributed by atoms with E-state index in [1.54, 1.807) is 0 Å². The van der Waals surface area contributed by atoms with Crippen LogP contribution < -0.4 is 0 Å². The van der Waals surface area contributed by atoms with Gasteiger partial charge in [0, 0.05) is 11.1 Å². The standard InChI is InChI=1S/C11H11FO5/c1-17-11(16)10(15)9(14)8-6(5-13)3-2-4-7(8)12/h2-5,9-10,14-15H,1H3. The van der Waals surface area contributed by atoms with Crippen molar-refractivity contribution in [3.63, 3.8) is 0 Å². The Labute approximate surface area is 96.4 Å². The number of carbonyl (C=O) groups excluding carboxylic acids is 2. The second-order valence-electron chi connectivity index (χ2n) is 3.27. The van der Waals surface area contributed by atoms with Gasteiger partial charge in [-0.05, 0) is 6.07 Å². The van der Waals surface area contributed by atoms with E-state index in [2.05, 4.69) is 4.74 Å². The van der Waals surface area contributed by atoms with Crippen LogP contribution in [0.25, 0.3) is 0 Å². The SMILES string of the molecule is COC(=O)C(O)C(O)c1c(F)cccc1C=O. The van der Waals surface area contributed by atoms with E-state index < -0.39 is 29.6 Å². The molecule has 0 heterocycles. The van der Waals surface area contributed by atoms with Crippen LogP contribution in [0.2, 0.25) is 0 Å². The molecule has 1 aromatic carbocycles. The van der Waals surface area contributed by atoms with Crippen molar-refractivity contribution in [2.45, 2.75) is 12.2 Å². The minimum atomic E-state index is -1.95. The summed E-state index contributed by atoms with van der Waals surface area (Å²) in [6.07, 6.45) is -3.48. The van der Waals surface area contributed by atoms with E-state index in [1.807, 2.05) is 0 Å². The van der Waals surface area contributed by atoms with E-state index in [0.717, 1.165) is 13.2 Å². The number of esters is 1. The lowest BCUT2D eigenvalue weighted by Gasteiger charge is -2.17. The van der Waals surface area contributed by atoms with Crippen LogP contribution in [-0.2, 0) is 9.53 Å². The number of benzene rings is 1. The van der Waals surface area contributed by atoms with Gasteiger partial charge in [0.05, 0.1) is 7.11 Å². The number of carbonyl (C=O) groups is 2. The monoisotopic (exact) mass is 242 g/mol. The summed E-state index contributed by atoms with van der Waals surface area (Å²) in [4.78, 5) is 21.7. The molecule has 0 saturated carbocycles. The number of aldehydes is 1. The smallest absolute Gasteiger partial charge is 0.337 e. The van der Waals surface area contributed by atoms with Gasteiger partial charge < -0.3 is 14.9 Å². The highest BCUT2D eigenvalue weighted by Crippen LogP contribution is 2.24. The fourth-order valence-electron chi connectivity index (χ4n) is 1.38. The summed E-state index contributed by atoms with van der Waals surface area (Å²) in [6.45, 7) is 0. The quantitative estimate of drug-likeness (QED) is 0.582. The summed E-state index contributed by atoms with van der Waals surface area (Å²) in [5.41, 5.74) is -0.569. The van der Waals surface area contributed by atoms with Crippen molar-refractivity contribution in [3.8, 4) is 0 Å². The molecule has 0 saturated heterocycles. The lowest BCUT2D eigenvalue weighted by atomic mass is 9.98. The number of rotatable bonds is 4. The van der Waals surface area contributed by atoms with Crippen LogP contribution in [0.1, 0.15) is 22.0 Å². The summed E-state index contributed by atoms with van der Waals surface area (Å²) in [7, 11) is 1.01. The predicted octanol–water partition coefficient (Wildman–Crippen LogP) is 0.206. The molecule has 0 aliphatic rings. The van der Waals surface area contributed by atoms with E-state index in [1.165, 1.54) is 12.1 Å². The second kappa shape index (κ2) is 5.51. The average Bonchev–Trinajstić information content (AvgIpc) is 2.35. The second-order valence-corrected chi connectivity index (χ2v) is 3.27. The maximum absolute atomic E-state index is 13.4. The summed E-state index contributed by atoms with van der Waals surface area (Å²) in [5.74, 6) is -2.00. The largest absolute Gasteiger partial charge is 0.467 e. The van der Waals surface area contributed by atoms with Crippen LogP contribution in [-0.4, -0.2) is 35.7 Å². The Morgan fingerprint density at radius 1 is 1.47 bits per heavy atom. The molecule has 0 spiro atoms. The van der Waals surface area contributed by atoms with E-state index >= 15 is 0 Å². The van der Waals surface area contributed by atoms with Gasteiger partial charge in [0.15, 0.2) is 12.4 Å². The number of aliphatic hydroxyl groups excluding tert-OH is 2. The molecule has 0 radical (unpaired) electrons. The van der Waals surface area contributed by atoms with Gasteiger partial charge in [-0.15, -0.1) is 0 Å². The Hall–Kier alpha value is -1.79. The van der Waals surface area contributed by atoms with Crippen LogP contribution >= 0.6 is 0 Å². The molecule has 1 rings (SSSR count). The molecule has 6 heteroatoms. The molecule has 0 aliphatic heterocycles. The van der Waals surface area contributed by atoms with E-state index in [0.29, 0.717) is 6.29 Å². The zero-order valence-corrected chi connectivity index (χ0v) is 8.96. The van der Waals surface area contributed by atoms with Gasteiger partial charge in [-0.25, -0.2) is 9.18 Å². The molecular weight excluding hydrogens is 231 g/mol. The highest BCUT2D eigenvalue weighted by molar-refractivity contribution is 5.80. The van der Waals surface area contributed by atoms with Crippen LogP contribution in [0.3, 0.4) is 0 Å². The molecule has 2 N–H and O–H groups in total. The Bertz CT molecular complexity index is 432. The summed E-state index contributed by atoms with van der Waals surface area (Å²) < 4.78 is 17.6. The van der Waals surface area contributed by atoms with E-state index in [9.17, 15) is 24.2 Å². The fourth-order valence-corrected chi connectivity index (χ4v) is 1.38. The molecule has 2 unspecified atom stereocenters. The lowest BCUT2D eigenvalue weighted by molar-refractivity contribution is -0.156. The molecule has 0 amide bonds. The Balaban J connectivity index is 3.15. The Kier molecular flexibility index (Phi) is 4.30. The van der Waals surface area contributed by atoms with Crippen LogP contribution in [0.15, 0.2) is 18.2 Å². The third-order valence-corrected chi connectivity index (χ3v) is 2.25. The highest BCUT2D eigenvalue weighted by atomic mass is 19.1. The summed E-state index contributed by atoms with van der Waals surface area (Å²) in [6, 6.07) is 3.55. The molecule has 5 nitrogen and oxygen atoms in total. The maximum Gasteiger partial charge on any atom is 0.337 e. The van der Waals surface area contributed by atoms with E-state index in [-0.39, 0.29) is 5.56 Å². The van der Waals surface area contributed by atoms with Gasteiger partial charge >= 0.3 is 5.97 Å². The lowest BCUT2D eigenvalue weighted by Crippen LogP contribution is -2.30. The first-order chi connectivity index (χ1) is 8.02. The maximum atomic E-state index is 13.4. The minimum Gasteiger partial charge on any atom is -0.467 e. The zero-order chi connectivity index (χ0) is 13.0. The van der Waals surface area contributed by atoms with Crippen LogP contribution in [0.4, 0.5) is 4.39 Å². The number of methoxy groups -OCH3 is 1. The number of hydrogen-bond acceptors (Lipinski definition) is 5. The van der Waals surface area contributed by atoms with Gasteiger partial charge in [0.25, 0.3) is 0 Å². The topological polar surface area (TPSA) is 83.8 Å². The van der Waals surface area contributed by atoms with Crippen LogP contribution in [0, 0.1) is 5.82 Å². The van der Waals surface area contributed by atoms with Crippen molar-refractivity contribution in [1.29, 1.82) is 0 Å². The van der Waals surface area contributed by atoms with Crippen molar-refractivity contribution >= 4 is 12.3 Å². The first-order valence-electron chi connectivity index (χ1n) is 4.70. The average molecular weight is 242 g/mol. The van der Waals surface area contributed by atoms with Crippen molar-refractivity contribution < 1.29 is 28.9 Å². The normalized spacial score (nSPS) is 13.9. The van der Waals surface area contributed by atoms with Crippen molar-refractivity contribution in [2.24, 2.45) is 0 Å². The molecule has 0 aliphatic carbocycles. The summed E-state index contributed by atoms with van der Waals surface area (Å²) >= 11 is 0. The van der Waals surface area contributed by atoms with Gasteiger partial charge in [-0.1, -0.05) is 12.1 Å². The molecule has 92 valence electrons. The molecular formula is C11H11FO5. The molecule has 0 fully saturated rings. The van der Waals surface area contributed by atoms with Gasteiger partial charge in [-0.2, -0.15) is 0 Å². The van der Waals surface area contributed by atoms with Crippen molar-refractivity contribution in [2.75, 3.05) is 7.11 Å². The Morgan fingerprint density at radius 2 is 2.12 bits per heavy atom. The molecule has 17 heavy (non-hydrogen) atoms. The number of halogens is 1. The fraction of sp³-hybridized carbons (Fsp3) is 0.273. The number of ether oxygens (including phenoxy) is 1. The Morgan fingerprint density at radius 3 is 2.65 bits per heavy atom. The first kappa shape index (κ1) is 13.3. The van der Waals surface area contributed by atoms with Gasteiger partial charge in [-0.3, -0.25) is 4.79 Å². The van der Waals surface area contributed by atoms with Crippen molar-refractivity contribution in [1.82, 2.24) is 0 Å². The third kappa shape index (κ3) is 2.66. The minimum absolute atomic E-state index is 0.138. The van der Waals surface area contributed by atoms with Gasteiger partial charge in [0.2, 0.25) is 0 Å². The number of aliphatic hydroxyl groups is 2. The molecule has 0 aromatic heterocycles. The van der Waals surface area contributed by atoms with E-state index in [4.69, 9.17) is 0 Å². The third-order valence-electron chi connectivity index (χ3n) is 2.25. The zero-order valence-electron chi connectivity index (χ0n) is 8.96. The number of hydrogen-bond donors (Lipinski definition) is 2. The highest BCUT2D eigenvalue weighted by Gasteiger charge is 2.30. The molecule has 0 bridgehead atoms. The molecule has 2 atom stereocenters.